The molecule has 0 bridgehead atoms. The Morgan fingerprint density at radius 1 is 1.07 bits per heavy atom. The van der Waals surface area contributed by atoms with Crippen molar-refractivity contribution >= 4 is 11.6 Å². The van der Waals surface area contributed by atoms with Gasteiger partial charge in [-0.1, -0.05) is 11.2 Å². The summed E-state index contributed by atoms with van der Waals surface area (Å²) in [6.45, 7) is 0.685. The highest BCUT2D eigenvalue weighted by Crippen LogP contribution is 2.22. The van der Waals surface area contributed by atoms with Crippen molar-refractivity contribution in [2.24, 2.45) is 0 Å². The lowest BCUT2D eigenvalue weighted by molar-refractivity contribution is -0.117. The highest BCUT2D eigenvalue weighted by molar-refractivity contribution is 5.92. The van der Waals surface area contributed by atoms with Crippen LogP contribution in [0.15, 0.2) is 59.1 Å². The molecule has 7 nitrogen and oxygen atoms in total. The quantitative estimate of drug-likeness (QED) is 0.644. The van der Waals surface area contributed by atoms with Crippen LogP contribution in [0.2, 0.25) is 0 Å². The maximum atomic E-state index is 12.2. The molecule has 0 radical (unpaired) electrons. The van der Waals surface area contributed by atoms with Gasteiger partial charge in [0.2, 0.25) is 5.91 Å². The minimum Gasteiger partial charge on any atom is -0.497 e. The van der Waals surface area contributed by atoms with Crippen LogP contribution in [0.3, 0.4) is 0 Å². The summed E-state index contributed by atoms with van der Waals surface area (Å²) in [5.41, 5.74) is 2.38. The largest absolute Gasteiger partial charge is 0.497 e. The summed E-state index contributed by atoms with van der Waals surface area (Å²) in [6.07, 6.45) is 0. The van der Waals surface area contributed by atoms with E-state index in [4.69, 9.17) is 14.0 Å². The average molecular weight is 381 g/mol. The predicted octanol–water partition coefficient (Wildman–Crippen LogP) is 3.43. The molecular weight excluding hydrogens is 358 g/mol. The van der Waals surface area contributed by atoms with Gasteiger partial charge < -0.3 is 19.3 Å². The number of nitrogens with one attached hydrogen (secondary N) is 1. The van der Waals surface area contributed by atoms with E-state index in [2.05, 4.69) is 10.5 Å². The Labute approximate surface area is 163 Å². The first-order chi connectivity index (χ1) is 13.6. The highest BCUT2D eigenvalue weighted by atomic mass is 16.5. The van der Waals surface area contributed by atoms with E-state index < -0.39 is 0 Å². The Morgan fingerprint density at radius 3 is 2.54 bits per heavy atom. The maximum absolute atomic E-state index is 12.2. The number of ether oxygens (including phenoxy) is 2. The molecule has 1 heterocycles. The van der Waals surface area contributed by atoms with Crippen LogP contribution in [-0.2, 0) is 11.3 Å². The number of hydrogen-bond donors (Lipinski definition) is 1. The lowest BCUT2D eigenvalue weighted by Crippen LogP contribution is -2.29. The summed E-state index contributed by atoms with van der Waals surface area (Å²) >= 11 is 0. The van der Waals surface area contributed by atoms with E-state index in [1.807, 2.05) is 60.5 Å². The van der Waals surface area contributed by atoms with Crippen molar-refractivity contribution < 1.29 is 18.8 Å². The second-order valence-electron chi connectivity index (χ2n) is 6.36. The van der Waals surface area contributed by atoms with Crippen LogP contribution >= 0.6 is 0 Å². The van der Waals surface area contributed by atoms with E-state index >= 15 is 0 Å². The van der Waals surface area contributed by atoms with Crippen LogP contribution in [0.5, 0.6) is 11.5 Å². The number of amides is 1. The molecule has 3 aromatic rings. The topological polar surface area (TPSA) is 76.8 Å². The first-order valence-corrected chi connectivity index (χ1v) is 8.80. The molecule has 0 saturated heterocycles. The molecular formula is C21H23N3O4. The van der Waals surface area contributed by atoms with Gasteiger partial charge in [-0.15, -0.1) is 0 Å². The Kier molecular flexibility index (Phi) is 6.29. The molecule has 0 aliphatic rings. The van der Waals surface area contributed by atoms with Gasteiger partial charge in [0, 0.05) is 23.4 Å². The molecule has 0 atom stereocenters. The van der Waals surface area contributed by atoms with Gasteiger partial charge in [0.1, 0.15) is 17.2 Å². The molecule has 1 amide bonds. The van der Waals surface area contributed by atoms with E-state index in [9.17, 15) is 4.79 Å². The third kappa shape index (κ3) is 5.11. The zero-order valence-electron chi connectivity index (χ0n) is 16.1. The molecule has 3 rings (SSSR count). The summed E-state index contributed by atoms with van der Waals surface area (Å²) in [6, 6.07) is 16.7. The maximum Gasteiger partial charge on any atom is 0.238 e. The molecule has 2 aromatic carbocycles. The van der Waals surface area contributed by atoms with Gasteiger partial charge in [0.15, 0.2) is 5.76 Å². The molecule has 0 aliphatic carbocycles. The van der Waals surface area contributed by atoms with Crippen molar-refractivity contribution in [3.63, 3.8) is 0 Å². The smallest absolute Gasteiger partial charge is 0.238 e. The van der Waals surface area contributed by atoms with Gasteiger partial charge in [0.05, 0.1) is 27.3 Å². The van der Waals surface area contributed by atoms with Crippen molar-refractivity contribution in [3.05, 3.63) is 60.4 Å². The number of methoxy groups -OCH3 is 2. The van der Waals surface area contributed by atoms with E-state index in [-0.39, 0.29) is 12.5 Å². The van der Waals surface area contributed by atoms with Crippen molar-refractivity contribution in [3.8, 4) is 22.8 Å². The zero-order chi connectivity index (χ0) is 19.9. The Balaban J connectivity index is 1.55. The third-order valence-corrected chi connectivity index (χ3v) is 4.14. The van der Waals surface area contributed by atoms with E-state index in [0.29, 0.717) is 23.7 Å². The number of rotatable bonds is 8. The lowest BCUT2D eigenvalue weighted by atomic mass is 10.1. The highest BCUT2D eigenvalue weighted by Gasteiger charge is 2.12. The Hall–Kier alpha value is -3.32. The predicted molar refractivity (Wildman–Crippen MR) is 106 cm³/mol. The standard InChI is InChI=1S/C21H23N3O4/c1-24(14-21(25)22-16-5-4-6-18(11-16)27-3)13-19-12-20(23-28-19)15-7-9-17(26-2)10-8-15/h4-12H,13-14H2,1-3H3,(H,22,25). The van der Waals surface area contributed by atoms with E-state index in [1.165, 1.54) is 0 Å². The molecule has 1 aromatic heterocycles. The minimum absolute atomic E-state index is 0.120. The van der Waals surface area contributed by atoms with Crippen LogP contribution in [0.25, 0.3) is 11.3 Å². The van der Waals surface area contributed by atoms with E-state index in [1.54, 1.807) is 20.3 Å². The summed E-state index contributed by atoms with van der Waals surface area (Å²) in [5.74, 6) is 2.04. The summed E-state index contributed by atoms with van der Waals surface area (Å²) in [4.78, 5) is 14.1. The lowest BCUT2D eigenvalue weighted by Gasteiger charge is -2.14. The first-order valence-electron chi connectivity index (χ1n) is 8.80. The monoisotopic (exact) mass is 381 g/mol. The zero-order valence-corrected chi connectivity index (χ0v) is 16.1. The number of anilines is 1. The second kappa shape index (κ2) is 9.05. The molecule has 0 unspecified atom stereocenters. The minimum atomic E-state index is -0.120. The van der Waals surface area contributed by atoms with Gasteiger partial charge in [0.25, 0.3) is 0 Å². The van der Waals surface area contributed by atoms with Crippen molar-refractivity contribution in [1.82, 2.24) is 10.1 Å². The molecule has 1 N–H and O–H groups in total. The van der Waals surface area contributed by atoms with Crippen LogP contribution in [0.4, 0.5) is 5.69 Å². The van der Waals surface area contributed by atoms with Gasteiger partial charge >= 0.3 is 0 Å². The second-order valence-corrected chi connectivity index (χ2v) is 6.36. The SMILES string of the molecule is COc1ccc(-c2cc(CN(C)CC(=O)Nc3cccc(OC)c3)on2)cc1. The molecule has 28 heavy (non-hydrogen) atoms. The number of carbonyl (C=O) groups is 1. The van der Waals surface area contributed by atoms with E-state index in [0.717, 1.165) is 17.0 Å². The number of carbonyl (C=O) groups excluding carboxylic acids is 1. The number of likely N-dealkylation sites (N-methyl/N-ethyl adjacent to an activating group) is 1. The van der Waals surface area contributed by atoms with Crippen LogP contribution in [0, 0.1) is 0 Å². The normalized spacial score (nSPS) is 10.7. The molecule has 7 heteroatoms. The number of aromatic nitrogens is 1. The summed E-state index contributed by atoms with van der Waals surface area (Å²) in [7, 11) is 5.07. The summed E-state index contributed by atoms with van der Waals surface area (Å²) in [5, 5.41) is 6.96. The Bertz CT molecular complexity index is 921. The van der Waals surface area contributed by atoms with Crippen molar-refractivity contribution in [2.45, 2.75) is 6.54 Å². The van der Waals surface area contributed by atoms with Crippen LogP contribution < -0.4 is 14.8 Å². The van der Waals surface area contributed by atoms with Crippen LogP contribution in [0.1, 0.15) is 5.76 Å². The van der Waals surface area contributed by atoms with Gasteiger partial charge in [-0.05, 0) is 43.4 Å². The molecule has 0 fully saturated rings. The van der Waals surface area contributed by atoms with Gasteiger partial charge in [-0.25, -0.2) is 0 Å². The van der Waals surface area contributed by atoms with Crippen molar-refractivity contribution in [1.29, 1.82) is 0 Å². The van der Waals surface area contributed by atoms with Gasteiger partial charge in [-0.2, -0.15) is 0 Å². The number of hydrogen-bond acceptors (Lipinski definition) is 6. The molecule has 0 spiro atoms. The first kappa shape index (κ1) is 19.4. The van der Waals surface area contributed by atoms with Crippen LogP contribution in [-0.4, -0.2) is 43.8 Å². The Morgan fingerprint density at radius 2 is 1.82 bits per heavy atom. The van der Waals surface area contributed by atoms with Crippen molar-refractivity contribution in [2.75, 3.05) is 33.1 Å². The summed E-state index contributed by atoms with van der Waals surface area (Å²) < 4.78 is 15.7. The fraction of sp³-hybridized carbons (Fsp3) is 0.238. The average Bonchev–Trinajstić information content (AvgIpc) is 3.16. The fourth-order valence-corrected chi connectivity index (χ4v) is 2.75. The third-order valence-electron chi connectivity index (χ3n) is 4.14. The van der Waals surface area contributed by atoms with Gasteiger partial charge in [-0.3, -0.25) is 9.69 Å². The number of benzene rings is 2. The number of nitrogens with zero attached hydrogens (tertiary/aromatic N) is 2. The fourth-order valence-electron chi connectivity index (χ4n) is 2.75. The molecule has 146 valence electrons. The molecule has 0 saturated carbocycles. The molecule has 0 aliphatic heterocycles.